The molecule has 0 atom stereocenters. The zero-order valence-corrected chi connectivity index (χ0v) is 13.1. The van der Waals surface area contributed by atoms with Crippen molar-refractivity contribution in [2.45, 2.75) is 6.42 Å². The van der Waals surface area contributed by atoms with Gasteiger partial charge in [0.25, 0.3) is 5.69 Å². The van der Waals surface area contributed by atoms with Gasteiger partial charge in [-0.05, 0) is 35.9 Å². The van der Waals surface area contributed by atoms with E-state index in [9.17, 15) is 19.7 Å². The molecule has 0 bridgehead atoms. The van der Waals surface area contributed by atoms with E-state index in [1.54, 1.807) is 30.3 Å². The van der Waals surface area contributed by atoms with E-state index in [0.717, 1.165) is 0 Å². The van der Waals surface area contributed by atoms with Crippen LogP contribution in [-0.2, 0) is 4.79 Å². The Bertz CT molecular complexity index is 811. The Morgan fingerprint density at radius 3 is 2.52 bits per heavy atom. The van der Waals surface area contributed by atoms with Gasteiger partial charge in [-0.3, -0.25) is 19.7 Å². The van der Waals surface area contributed by atoms with E-state index in [1.165, 1.54) is 30.3 Å². The van der Waals surface area contributed by atoms with E-state index in [4.69, 9.17) is 9.84 Å². The predicted molar refractivity (Wildman–Crippen MR) is 90.7 cm³/mol. The molecule has 0 radical (unpaired) electrons. The van der Waals surface area contributed by atoms with Gasteiger partial charge in [0.2, 0.25) is 0 Å². The normalized spacial score (nSPS) is 10.6. The fourth-order valence-electron chi connectivity index (χ4n) is 1.98. The largest absolute Gasteiger partial charge is 0.493 e. The Morgan fingerprint density at radius 1 is 1.16 bits per heavy atom. The summed E-state index contributed by atoms with van der Waals surface area (Å²) in [6.07, 6.45) is 2.85. The highest BCUT2D eigenvalue weighted by Gasteiger charge is 2.07. The monoisotopic (exact) mass is 341 g/mol. The minimum Gasteiger partial charge on any atom is -0.493 e. The number of allylic oxidation sites excluding steroid dienone is 1. The standard InChI is InChI=1S/C18H15NO6/c20-17(14-5-7-15(8-6-14)19(23)24)9-4-13-2-1-3-16(12-13)25-11-10-18(21)22/h1-9,12H,10-11H2,(H,21,22)/b9-4+. The van der Waals surface area contributed by atoms with Crippen LogP contribution in [0.3, 0.4) is 0 Å². The second-order valence-electron chi connectivity index (χ2n) is 5.07. The summed E-state index contributed by atoms with van der Waals surface area (Å²) >= 11 is 0. The van der Waals surface area contributed by atoms with Crippen LogP contribution in [0.15, 0.2) is 54.6 Å². The van der Waals surface area contributed by atoms with Crippen molar-refractivity contribution in [2.75, 3.05) is 6.61 Å². The fraction of sp³-hybridized carbons (Fsp3) is 0.111. The van der Waals surface area contributed by atoms with Crippen molar-refractivity contribution < 1.29 is 24.4 Å². The van der Waals surface area contributed by atoms with Crippen LogP contribution in [-0.4, -0.2) is 28.4 Å². The zero-order chi connectivity index (χ0) is 18.2. The van der Waals surface area contributed by atoms with E-state index in [2.05, 4.69) is 0 Å². The van der Waals surface area contributed by atoms with Gasteiger partial charge in [-0.2, -0.15) is 0 Å². The van der Waals surface area contributed by atoms with Gasteiger partial charge in [-0.1, -0.05) is 18.2 Å². The molecule has 0 aliphatic rings. The number of nitro benzene ring substituents is 1. The summed E-state index contributed by atoms with van der Waals surface area (Å²) in [5.74, 6) is -0.719. The quantitative estimate of drug-likeness (QED) is 0.341. The van der Waals surface area contributed by atoms with Gasteiger partial charge in [0.15, 0.2) is 5.78 Å². The highest BCUT2D eigenvalue weighted by Crippen LogP contribution is 2.16. The van der Waals surface area contributed by atoms with Gasteiger partial charge in [-0.25, -0.2) is 0 Å². The number of non-ortho nitro benzene ring substituents is 1. The average Bonchev–Trinajstić information content (AvgIpc) is 2.60. The first-order valence-corrected chi connectivity index (χ1v) is 7.37. The van der Waals surface area contributed by atoms with Crippen LogP contribution >= 0.6 is 0 Å². The summed E-state index contributed by atoms with van der Waals surface area (Å²) < 4.78 is 5.32. The van der Waals surface area contributed by atoms with Crippen molar-refractivity contribution >= 4 is 23.5 Å². The van der Waals surface area contributed by atoms with Crippen molar-refractivity contribution in [3.8, 4) is 5.75 Å². The molecule has 7 nitrogen and oxygen atoms in total. The highest BCUT2D eigenvalue weighted by molar-refractivity contribution is 6.06. The van der Waals surface area contributed by atoms with Crippen LogP contribution in [0.5, 0.6) is 5.75 Å². The number of carbonyl (C=O) groups excluding carboxylic acids is 1. The number of carboxylic acids is 1. The Morgan fingerprint density at radius 2 is 1.88 bits per heavy atom. The predicted octanol–water partition coefficient (Wildman–Crippen LogP) is 3.34. The molecule has 0 aliphatic heterocycles. The molecule has 1 N–H and O–H groups in total. The summed E-state index contributed by atoms with van der Waals surface area (Å²) in [7, 11) is 0. The second-order valence-corrected chi connectivity index (χ2v) is 5.07. The molecule has 0 spiro atoms. The first-order chi connectivity index (χ1) is 12.0. The minimum absolute atomic E-state index is 0.0597. The number of ketones is 1. The molecule has 0 saturated carbocycles. The summed E-state index contributed by atoms with van der Waals surface area (Å²) in [6.45, 7) is 0.0597. The van der Waals surface area contributed by atoms with Crippen LogP contribution in [0.2, 0.25) is 0 Å². The highest BCUT2D eigenvalue weighted by atomic mass is 16.6. The number of aliphatic carboxylic acids is 1. The second kappa shape index (κ2) is 8.39. The third-order valence-corrected chi connectivity index (χ3v) is 3.23. The Kier molecular flexibility index (Phi) is 6.00. The number of carboxylic acid groups (broad SMARTS) is 1. The lowest BCUT2D eigenvalue weighted by molar-refractivity contribution is -0.384. The summed E-state index contributed by atoms with van der Waals surface area (Å²) in [4.78, 5) is 32.6. The van der Waals surface area contributed by atoms with Gasteiger partial charge < -0.3 is 9.84 Å². The van der Waals surface area contributed by atoms with E-state index in [-0.39, 0.29) is 24.5 Å². The lowest BCUT2D eigenvalue weighted by Gasteiger charge is -2.05. The molecule has 0 fully saturated rings. The molecule has 0 aliphatic carbocycles. The third kappa shape index (κ3) is 5.58. The van der Waals surface area contributed by atoms with Gasteiger partial charge >= 0.3 is 5.97 Å². The fourth-order valence-corrected chi connectivity index (χ4v) is 1.98. The Balaban J connectivity index is 2.01. The lowest BCUT2D eigenvalue weighted by Crippen LogP contribution is -2.04. The molecule has 0 aromatic heterocycles. The number of nitrogens with zero attached hydrogens (tertiary/aromatic N) is 1. The van der Waals surface area contributed by atoms with Gasteiger partial charge in [-0.15, -0.1) is 0 Å². The number of nitro groups is 1. The van der Waals surface area contributed by atoms with Crippen LogP contribution in [0.25, 0.3) is 6.08 Å². The lowest BCUT2D eigenvalue weighted by atomic mass is 10.1. The minimum atomic E-state index is -0.940. The molecular weight excluding hydrogens is 326 g/mol. The van der Waals surface area contributed by atoms with E-state index < -0.39 is 10.9 Å². The number of ether oxygens (including phenoxy) is 1. The summed E-state index contributed by atoms with van der Waals surface area (Å²) in [6, 6.07) is 12.2. The van der Waals surface area contributed by atoms with Crippen LogP contribution in [0.4, 0.5) is 5.69 Å². The van der Waals surface area contributed by atoms with E-state index in [1.807, 2.05) is 0 Å². The molecule has 0 saturated heterocycles. The van der Waals surface area contributed by atoms with Gasteiger partial charge in [0.1, 0.15) is 5.75 Å². The number of carbonyl (C=O) groups is 2. The van der Waals surface area contributed by atoms with Crippen LogP contribution in [0.1, 0.15) is 22.3 Å². The molecule has 2 rings (SSSR count). The van der Waals surface area contributed by atoms with Crippen molar-refractivity contribution in [1.29, 1.82) is 0 Å². The maximum absolute atomic E-state index is 12.1. The molecule has 128 valence electrons. The molecule has 0 heterocycles. The summed E-state index contributed by atoms with van der Waals surface area (Å²) in [5, 5.41) is 19.2. The maximum Gasteiger partial charge on any atom is 0.306 e. The zero-order valence-electron chi connectivity index (χ0n) is 13.1. The first-order valence-electron chi connectivity index (χ1n) is 7.37. The van der Waals surface area contributed by atoms with Gasteiger partial charge in [0, 0.05) is 17.7 Å². The molecular formula is C18H15NO6. The number of rotatable bonds is 8. The number of benzene rings is 2. The van der Waals surface area contributed by atoms with Crippen LogP contribution in [0, 0.1) is 10.1 Å². The van der Waals surface area contributed by atoms with Crippen LogP contribution < -0.4 is 4.74 Å². The van der Waals surface area contributed by atoms with E-state index >= 15 is 0 Å². The van der Waals surface area contributed by atoms with Gasteiger partial charge in [0.05, 0.1) is 18.0 Å². The molecule has 0 amide bonds. The third-order valence-electron chi connectivity index (χ3n) is 3.23. The Labute approximate surface area is 143 Å². The first kappa shape index (κ1) is 17.9. The topological polar surface area (TPSA) is 107 Å². The maximum atomic E-state index is 12.1. The molecule has 7 heteroatoms. The van der Waals surface area contributed by atoms with Crippen molar-refractivity contribution in [3.05, 3.63) is 75.8 Å². The smallest absolute Gasteiger partial charge is 0.306 e. The molecule has 2 aromatic carbocycles. The van der Waals surface area contributed by atoms with E-state index in [0.29, 0.717) is 16.9 Å². The SMILES string of the molecule is O=C(O)CCOc1cccc(/C=C/C(=O)c2ccc([N+](=O)[O-])cc2)c1. The Hall–Kier alpha value is -3.48. The number of hydrogen-bond acceptors (Lipinski definition) is 5. The summed E-state index contributed by atoms with van der Waals surface area (Å²) in [5.41, 5.74) is 0.977. The van der Waals surface area contributed by atoms with Crippen molar-refractivity contribution in [2.24, 2.45) is 0 Å². The molecule has 25 heavy (non-hydrogen) atoms. The molecule has 2 aromatic rings. The van der Waals surface area contributed by atoms with Crippen molar-refractivity contribution in [3.63, 3.8) is 0 Å². The molecule has 0 unspecified atom stereocenters. The van der Waals surface area contributed by atoms with Crippen molar-refractivity contribution in [1.82, 2.24) is 0 Å². The average molecular weight is 341 g/mol. The number of hydrogen-bond donors (Lipinski definition) is 1.